The first-order chi connectivity index (χ1) is 6.67. The molecule has 5 heteroatoms. The summed E-state index contributed by atoms with van der Waals surface area (Å²) < 4.78 is 4.96. The van der Waals surface area contributed by atoms with E-state index in [4.69, 9.17) is 4.74 Å². The Labute approximate surface area is 98.8 Å². The molecule has 0 aromatic carbocycles. The molecule has 0 aromatic rings. The molecule has 1 unspecified atom stereocenters. The number of ether oxygens (including phenoxy) is 1. The topological polar surface area (TPSA) is 41.6 Å². The molecule has 92 valence electrons. The monoisotopic (exact) mass is 238 g/mol. The molecule has 0 aliphatic rings. The van der Waals surface area contributed by atoms with E-state index < -0.39 is 0 Å². The van der Waals surface area contributed by atoms with Gasteiger partial charge in [0.2, 0.25) is 0 Å². The minimum absolute atomic E-state index is 0. The summed E-state index contributed by atoms with van der Waals surface area (Å²) in [5, 5.41) is 3.07. The molecule has 1 atom stereocenters. The second-order valence-electron chi connectivity index (χ2n) is 3.23. The van der Waals surface area contributed by atoms with Crippen LogP contribution in [0.2, 0.25) is 0 Å². The maximum atomic E-state index is 11.5. The molecular weight excluding hydrogens is 216 g/mol. The standard InChI is InChI=1S/C10H22N2O2.ClH/c1-5-12(10(13)14-6-2)9(3)7-8-11-4;/h9,11H,5-8H2,1-4H3;1H. The molecule has 0 fully saturated rings. The molecule has 0 bridgehead atoms. The predicted octanol–water partition coefficient (Wildman–Crippen LogP) is 1.88. The minimum atomic E-state index is -0.210. The molecule has 0 radical (unpaired) electrons. The van der Waals surface area contributed by atoms with E-state index in [1.165, 1.54) is 0 Å². The zero-order chi connectivity index (χ0) is 11.0. The second kappa shape index (κ2) is 10.1. The molecule has 0 saturated carbocycles. The van der Waals surface area contributed by atoms with E-state index in [2.05, 4.69) is 5.32 Å². The number of rotatable bonds is 6. The Kier molecular flexibility index (Phi) is 11.3. The van der Waals surface area contributed by atoms with Crippen molar-refractivity contribution in [1.82, 2.24) is 10.2 Å². The average molecular weight is 239 g/mol. The van der Waals surface area contributed by atoms with Crippen LogP contribution in [0.1, 0.15) is 27.2 Å². The van der Waals surface area contributed by atoms with E-state index in [9.17, 15) is 4.79 Å². The van der Waals surface area contributed by atoms with Gasteiger partial charge in [-0.3, -0.25) is 0 Å². The molecule has 0 spiro atoms. The van der Waals surface area contributed by atoms with Crippen LogP contribution >= 0.6 is 12.4 Å². The quantitative estimate of drug-likeness (QED) is 0.769. The molecule has 1 N–H and O–H groups in total. The van der Waals surface area contributed by atoms with E-state index in [-0.39, 0.29) is 24.5 Å². The Balaban J connectivity index is 0. The van der Waals surface area contributed by atoms with E-state index in [0.717, 1.165) is 13.0 Å². The van der Waals surface area contributed by atoms with Crippen LogP contribution in [0, 0.1) is 0 Å². The van der Waals surface area contributed by atoms with Crippen LogP contribution in [0.3, 0.4) is 0 Å². The molecule has 15 heavy (non-hydrogen) atoms. The molecule has 0 rings (SSSR count). The van der Waals surface area contributed by atoms with Gasteiger partial charge in [-0.25, -0.2) is 4.79 Å². The minimum Gasteiger partial charge on any atom is -0.450 e. The van der Waals surface area contributed by atoms with Crippen molar-refractivity contribution in [3.8, 4) is 0 Å². The molecule has 0 heterocycles. The van der Waals surface area contributed by atoms with Crippen LogP contribution in [0.25, 0.3) is 0 Å². The number of halogens is 1. The van der Waals surface area contributed by atoms with Crippen LogP contribution < -0.4 is 5.32 Å². The normalized spacial score (nSPS) is 11.5. The lowest BCUT2D eigenvalue weighted by molar-refractivity contribution is 0.0939. The summed E-state index contributed by atoms with van der Waals surface area (Å²) in [6.45, 7) is 7.88. The van der Waals surface area contributed by atoms with Crippen molar-refractivity contribution < 1.29 is 9.53 Å². The van der Waals surface area contributed by atoms with Gasteiger partial charge < -0.3 is 15.0 Å². The number of carbonyl (C=O) groups excluding carboxylic acids is 1. The molecule has 0 saturated heterocycles. The van der Waals surface area contributed by atoms with Crippen LogP contribution in [-0.4, -0.2) is 43.8 Å². The highest BCUT2D eigenvalue weighted by atomic mass is 35.5. The van der Waals surface area contributed by atoms with Crippen LogP contribution in [0.4, 0.5) is 4.79 Å². The summed E-state index contributed by atoms with van der Waals surface area (Å²) in [5.41, 5.74) is 0. The van der Waals surface area contributed by atoms with Crippen LogP contribution in [-0.2, 0) is 4.74 Å². The van der Waals surface area contributed by atoms with Crippen molar-refractivity contribution in [1.29, 1.82) is 0 Å². The van der Waals surface area contributed by atoms with Crippen molar-refractivity contribution in [3.63, 3.8) is 0 Å². The molecular formula is C10H23ClN2O2. The first-order valence-electron chi connectivity index (χ1n) is 5.25. The fourth-order valence-corrected chi connectivity index (χ4v) is 1.34. The van der Waals surface area contributed by atoms with Gasteiger partial charge in [0.15, 0.2) is 0 Å². The maximum absolute atomic E-state index is 11.5. The smallest absolute Gasteiger partial charge is 0.409 e. The van der Waals surface area contributed by atoms with Crippen molar-refractivity contribution >= 4 is 18.5 Å². The summed E-state index contributed by atoms with van der Waals surface area (Å²) >= 11 is 0. The summed E-state index contributed by atoms with van der Waals surface area (Å²) in [4.78, 5) is 13.2. The fourth-order valence-electron chi connectivity index (χ4n) is 1.34. The first kappa shape index (κ1) is 16.9. The molecule has 1 amide bonds. The van der Waals surface area contributed by atoms with Crippen LogP contribution in [0.5, 0.6) is 0 Å². The number of hydrogen-bond donors (Lipinski definition) is 1. The SMILES string of the molecule is CCOC(=O)N(CC)C(C)CCNC.Cl. The molecule has 0 aromatic heterocycles. The Morgan fingerprint density at radius 1 is 1.47 bits per heavy atom. The summed E-state index contributed by atoms with van der Waals surface area (Å²) in [7, 11) is 1.91. The van der Waals surface area contributed by atoms with E-state index in [1.807, 2.05) is 27.8 Å². The van der Waals surface area contributed by atoms with E-state index in [1.54, 1.807) is 4.90 Å². The Hall–Kier alpha value is -0.480. The van der Waals surface area contributed by atoms with Gasteiger partial charge in [-0.1, -0.05) is 0 Å². The lowest BCUT2D eigenvalue weighted by Gasteiger charge is -2.26. The second-order valence-corrected chi connectivity index (χ2v) is 3.23. The number of hydrogen-bond acceptors (Lipinski definition) is 3. The van der Waals surface area contributed by atoms with Crippen molar-refractivity contribution in [2.45, 2.75) is 33.2 Å². The van der Waals surface area contributed by atoms with Crippen molar-refractivity contribution in [2.24, 2.45) is 0 Å². The van der Waals surface area contributed by atoms with Crippen molar-refractivity contribution in [2.75, 3.05) is 26.7 Å². The lowest BCUT2D eigenvalue weighted by atomic mass is 10.2. The summed E-state index contributed by atoms with van der Waals surface area (Å²) in [6.07, 6.45) is 0.738. The number of nitrogens with one attached hydrogen (secondary N) is 1. The highest BCUT2D eigenvalue weighted by molar-refractivity contribution is 5.85. The first-order valence-corrected chi connectivity index (χ1v) is 5.25. The van der Waals surface area contributed by atoms with Gasteiger partial charge in [0.05, 0.1) is 6.61 Å². The Morgan fingerprint density at radius 2 is 2.07 bits per heavy atom. The molecule has 4 nitrogen and oxygen atoms in total. The number of nitrogens with zero attached hydrogens (tertiary/aromatic N) is 1. The highest BCUT2D eigenvalue weighted by Crippen LogP contribution is 2.05. The third-order valence-corrected chi connectivity index (χ3v) is 2.19. The fraction of sp³-hybridized carbons (Fsp3) is 0.900. The van der Waals surface area contributed by atoms with E-state index in [0.29, 0.717) is 13.2 Å². The Morgan fingerprint density at radius 3 is 2.47 bits per heavy atom. The summed E-state index contributed by atoms with van der Waals surface area (Å²) in [5.74, 6) is 0. The zero-order valence-corrected chi connectivity index (χ0v) is 10.9. The van der Waals surface area contributed by atoms with Gasteiger partial charge in [0, 0.05) is 12.6 Å². The highest BCUT2D eigenvalue weighted by Gasteiger charge is 2.18. The molecule has 0 aliphatic carbocycles. The molecule has 0 aliphatic heterocycles. The maximum Gasteiger partial charge on any atom is 0.409 e. The van der Waals surface area contributed by atoms with Gasteiger partial charge in [-0.15, -0.1) is 12.4 Å². The van der Waals surface area contributed by atoms with Gasteiger partial charge in [0.25, 0.3) is 0 Å². The number of amides is 1. The lowest BCUT2D eigenvalue weighted by Crippen LogP contribution is -2.40. The average Bonchev–Trinajstić information content (AvgIpc) is 2.16. The van der Waals surface area contributed by atoms with Gasteiger partial charge in [-0.2, -0.15) is 0 Å². The summed E-state index contributed by atoms with van der Waals surface area (Å²) in [6, 6.07) is 0.228. The zero-order valence-electron chi connectivity index (χ0n) is 10.1. The predicted molar refractivity (Wildman–Crippen MR) is 64.7 cm³/mol. The van der Waals surface area contributed by atoms with Crippen molar-refractivity contribution in [3.05, 3.63) is 0 Å². The third kappa shape index (κ3) is 6.57. The number of carbonyl (C=O) groups is 1. The van der Waals surface area contributed by atoms with E-state index >= 15 is 0 Å². The largest absolute Gasteiger partial charge is 0.450 e. The Bertz CT molecular complexity index is 168. The van der Waals surface area contributed by atoms with Crippen LogP contribution in [0.15, 0.2) is 0 Å². The third-order valence-electron chi connectivity index (χ3n) is 2.19. The van der Waals surface area contributed by atoms with Gasteiger partial charge in [0.1, 0.15) is 0 Å². The van der Waals surface area contributed by atoms with Gasteiger partial charge >= 0.3 is 6.09 Å². The van der Waals surface area contributed by atoms with Gasteiger partial charge in [-0.05, 0) is 40.8 Å².